The third kappa shape index (κ3) is 7.44. The minimum absolute atomic E-state index is 0.354. The number of rotatable bonds is 12. The van der Waals surface area contributed by atoms with Gasteiger partial charge in [0.15, 0.2) is 0 Å². The first-order valence-electron chi connectivity index (χ1n) is 8.80. The zero-order valence-electron chi connectivity index (χ0n) is 15.6. The van der Waals surface area contributed by atoms with Gasteiger partial charge >= 0.3 is 0 Å². The molecule has 24 heavy (non-hydrogen) atoms. The van der Waals surface area contributed by atoms with Crippen molar-refractivity contribution in [3.05, 3.63) is 24.5 Å². The van der Waals surface area contributed by atoms with Gasteiger partial charge in [-0.15, -0.1) is 0 Å². The van der Waals surface area contributed by atoms with Crippen LogP contribution in [0.3, 0.4) is 0 Å². The van der Waals surface area contributed by atoms with Gasteiger partial charge in [0.05, 0.1) is 12.4 Å². The first-order chi connectivity index (χ1) is 11.5. The van der Waals surface area contributed by atoms with Gasteiger partial charge in [-0.1, -0.05) is 20.4 Å². The Labute approximate surface area is 146 Å². The average Bonchev–Trinajstić information content (AvgIpc) is 2.50. The van der Waals surface area contributed by atoms with E-state index in [1.807, 2.05) is 12.1 Å². The van der Waals surface area contributed by atoms with Gasteiger partial charge in [0.2, 0.25) is 5.88 Å². The number of nitrogens with two attached hydrogens (primary N) is 1. The van der Waals surface area contributed by atoms with Gasteiger partial charge < -0.3 is 26.0 Å². The largest absolute Gasteiger partial charge is 0.476 e. The Morgan fingerprint density at radius 1 is 1.29 bits per heavy atom. The molecule has 0 fully saturated rings. The molecule has 1 rings (SSSR count). The summed E-state index contributed by atoms with van der Waals surface area (Å²) in [7, 11) is 0. The molecule has 4 N–H and O–H groups in total. The van der Waals surface area contributed by atoms with Crippen LogP contribution in [0.2, 0.25) is 0 Å². The smallest absolute Gasteiger partial charge is 0.217 e. The van der Waals surface area contributed by atoms with E-state index < -0.39 is 0 Å². The second-order valence-electron chi connectivity index (χ2n) is 6.13. The Hall–Kier alpha value is -2.11. The molecule has 1 aromatic rings. The summed E-state index contributed by atoms with van der Waals surface area (Å²) in [6, 6.07) is 4.22. The van der Waals surface area contributed by atoms with E-state index in [0.29, 0.717) is 30.9 Å². The lowest BCUT2D eigenvalue weighted by Gasteiger charge is -2.24. The lowest BCUT2D eigenvalue weighted by atomic mass is 10.3. The maximum absolute atomic E-state index is 5.94. The van der Waals surface area contributed by atoms with E-state index >= 15 is 0 Å². The molecule has 0 aromatic carbocycles. The van der Waals surface area contributed by atoms with Gasteiger partial charge in [-0.2, -0.15) is 4.98 Å². The van der Waals surface area contributed by atoms with Crippen molar-refractivity contribution < 1.29 is 4.74 Å². The van der Waals surface area contributed by atoms with Gasteiger partial charge in [-0.25, -0.2) is 0 Å². The van der Waals surface area contributed by atoms with Crippen molar-refractivity contribution in [2.24, 2.45) is 0 Å². The van der Waals surface area contributed by atoms with Gasteiger partial charge in [-0.05, 0) is 26.7 Å². The number of nitrogens with zero attached hydrogens (tertiary/aromatic N) is 2. The maximum atomic E-state index is 5.94. The summed E-state index contributed by atoms with van der Waals surface area (Å²) in [5, 5.41) is 6.38. The summed E-state index contributed by atoms with van der Waals surface area (Å²) >= 11 is 0. The predicted molar refractivity (Wildman–Crippen MR) is 102 cm³/mol. The van der Waals surface area contributed by atoms with Gasteiger partial charge in [0.25, 0.3) is 0 Å². The quantitative estimate of drug-likeness (QED) is 0.510. The van der Waals surface area contributed by atoms with Crippen LogP contribution in [-0.2, 0) is 0 Å². The molecule has 6 nitrogen and oxygen atoms in total. The van der Waals surface area contributed by atoms with Crippen LogP contribution in [0.5, 0.6) is 5.88 Å². The minimum atomic E-state index is 0.354. The summed E-state index contributed by atoms with van der Waals surface area (Å²) in [6.45, 7) is 15.5. The van der Waals surface area contributed by atoms with Crippen LogP contribution < -0.4 is 26.0 Å². The second-order valence-corrected chi connectivity index (χ2v) is 6.13. The molecule has 0 unspecified atom stereocenters. The van der Waals surface area contributed by atoms with Gasteiger partial charge in [-0.3, -0.25) is 0 Å². The Morgan fingerprint density at radius 3 is 2.54 bits per heavy atom. The number of hydrogen-bond donors (Lipinski definition) is 3. The molecular weight excluding hydrogens is 302 g/mol. The van der Waals surface area contributed by atoms with Crippen molar-refractivity contribution in [1.82, 2.24) is 15.6 Å². The molecule has 0 bridgehead atoms. The first-order valence-corrected chi connectivity index (χ1v) is 8.80. The highest BCUT2D eigenvalue weighted by atomic mass is 16.5. The van der Waals surface area contributed by atoms with Crippen LogP contribution in [0.25, 0.3) is 0 Å². The Bertz CT molecular complexity index is 498. The molecule has 0 aliphatic rings. The third-order valence-electron chi connectivity index (χ3n) is 3.31. The Morgan fingerprint density at radius 2 is 1.96 bits per heavy atom. The number of nitrogens with one attached hydrogen (secondary N) is 2. The van der Waals surface area contributed by atoms with E-state index in [-0.39, 0.29) is 0 Å². The number of hydrogen-bond acceptors (Lipinski definition) is 6. The van der Waals surface area contributed by atoms with Crippen molar-refractivity contribution in [1.29, 1.82) is 0 Å². The predicted octanol–water partition coefficient (Wildman–Crippen LogP) is 2.73. The number of pyridine rings is 1. The van der Waals surface area contributed by atoms with E-state index in [9.17, 15) is 0 Å². The highest BCUT2D eigenvalue weighted by Gasteiger charge is 2.09. The normalized spacial score (nSPS) is 10.5. The van der Waals surface area contributed by atoms with Crippen molar-refractivity contribution in [3.63, 3.8) is 0 Å². The molecule has 6 heteroatoms. The van der Waals surface area contributed by atoms with Crippen molar-refractivity contribution in [3.8, 4) is 5.88 Å². The molecule has 0 spiro atoms. The summed E-state index contributed by atoms with van der Waals surface area (Å²) in [4.78, 5) is 6.58. The van der Waals surface area contributed by atoms with E-state index in [1.54, 1.807) is 0 Å². The van der Waals surface area contributed by atoms with E-state index in [4.69, 9.17) is 10.5 Å². The summed E-state index contributed by atoms with van der Waals surface area (Å²) < 4.78 is 5.74. The molecule has 1 heterocycles. The summed E-state index contributed by atoms with van der Waals surface area (Å²) in [5.74, 6) is 1.84. The molecule has 0 radical (unpaired) electrons. The van der Waals surface area contributed by atoms with Crippen molar-refractivity contribution in [2.45, 2.75) is 46.6 Å². The fourth-order valence-electron chi connectivity index (χ4n) is 2.43. The van der Waals surface area contributed by atoms with Gasteiger partial charge in [0, 0.05) is 37.0 Å². The number of ether oxygens (including phenoxy) is 1. The zero-order valence-corrected chi connectivity index (χ0v) is 15.6. The standard InChI is InChI=1S/C18H33N5O/c1-6-9-23(10-7-2)16-12-17(19)22-18(13-16)24-11-8-20-15(5)21-14(3)4/h12-14,20-21H,5-11H2,1-4H3,(H2,19,22). The SMILES string of the molecule is C=C(NCCOc1cc(N(CCC)CCC)cc(N)n1)NC(C)C. The fourth-order valence-corrected chi connectivity index (χ4v) is 2.43. The van der Waals surface area contributed by atoms with Crippen LogP contribution in [0.4, 0.5) is 11.5 Å². The number of nitrogen functional groups attached to an aromatic ring is 1. The molecule has 0 atom stereocenters. The van der Waals surface area contributed by atoms with E-state index in [1.165, 1.54) is 0 Å². The molecule has 0 saturated heterocycles. The molecule has 0 saturated carbocycles. The van der Waals surface area contributed by atoms with Crippen LogP contribution in [0.1, 0.15) is 40.5 Å². The zero-order chi connectivity index (χ0) is 17.9. The molecular formula is C18H33N5O. The summed E-state index contributed by atoms with van der Waals surface area (Å²) in [6.07, 6.45) is 2.18. The number of aromatic nitrogens is 1. The second kappa shape index (κ2) is 10.6. The lowest BCUT2D eigenvalue weighted by Crippen LogP contribution is -2.32. The number of anilines is 2. The fraction of sp³-hybridized carbons (Fsp3) is 0.611. The lowest BCUT2D eigenvalue weighted by molar-refractivity contribution is 0.306. The van der Waals surface area contributed by atoms with Crippen LogP contribution in [-0.4, -0.2) is 37.3 Å². The average molecular weight is 335 g/mol. The van der Waals surface area contributed by atoms with Crippen LogP contribution in [0.15, 0.2) is 24.5 Å². The molecule has 136 valence electrons. The highest BCUT2D eigenvalue weighted by molar-refractivity contribution is 5.55. The molecule has 0 aliphatic carbocycles. The van der Waals surface area contributed by atoms with Crippen molar-refractivity contribution >= 4 is 11.5 Å². The highest BCUT2D eigenvalue weighted by Crippen LogP contribution is 2.23. The Kier molecular flexibility index (Phi) is 8.83. The van der Waals surface area contributed by atoms with Gasteiger partial charge in [0.1, 0.15) is 12.4 Å². The minimum Gasteiger partial charge on any atom is -0.476 e. The van der Waals surface area contributed by atoms with Crippen LogP contribution in [0, 0.1) is 0 Å². The monoisotopic (exact) mass is 335 g/mol. The molecule has 0 aliphatic heterocycles. The van der Waals surface area contributed by atoms with Crippen LogP contribution >= 0.6 is 0 Å². The maximum Gasteiger partial charge on any atom is 0.217 e. The van der Waals surface area contributed by atoms with Crippen molar-refractivity contribution in [2.75, 3.05) is 36.9 Å². The topological polar surface area (TPSA) is 75.4 Å². The molecule has 1 aromatic heterocycles. The third-order valence-corrected chi connectivity index (χ3v) is 3.31. The first kappa shape index (κ1) is 19.9. The van der Waals surface area contributed by atoms with E-state index in [2.05, 4.69) is 54.8 Å². The Balaban J connectivity index is 2.57. The van der Waals surface area contributed by atoms with E-state index in [0.717, 1.165) is 37.4 Å². The molecule has 0 amide bonds. The summed E-state index contributed by atoms with van der Waals surface area (Å²) in [5.41, 5.74) is 7.01.